The van der Waals surface area contributed by atoms with Crippen molar-refractivity contribution in [2.45, 2.75) is 64.8 Å². The molecule has 1 nitrogen and oxygen atoms in total. The molecule has 2 N–H and O–H groups in total. The maximum absolute atomic E-state index is 6.48. The number of rotatable bonds is 3. The number of hydrogen-bond donors (Lipinski definition) is 1. The highest BCUT2D eigenvalue weighted by Gasteiger charge is 2.35. The smallest absolute Gasteiger partial charge is 0.0182 e. The lowest BCUT2D eigenvalue weighted by Crippen LogP contribution is -2.49. The Labute approximate surface area is 83.1 Å². The lowest BCUT2D eigenvalue weighted by atomic mass is 9.69. The Morgan fingerprint density at radius 3 is 2.77 bits per heavy atom. The first-order chi connectivity index (χ1) is 6.08. The lowest BCUT2D eigenvalue weighted by Gasteiger charge is -2.41. The zero-order chi connectivity index (χ0) is 9.90. The summed E-state index contributed by atoms with van der Waals surface area (Å²) < 4.78 is 0. The number of hydrogen-bond acceptors (Lipinski definition) is 1. The summed E-state index contributed by atoms with van der Waals surface area (Å²) in [7, 11) is 0. The summed E-state index contributed by atoms with van der Waals surface area (Å²) in [4.78, 5) is 0. The van der Waals surface area contributed by atoms with Crippen molar-refractivity contribution in [1.82, 2.24) is 0 Å². The van der Waals surface area contributed by atoms with E-state index >= 15 is 0 Å². The maximum Gasteiger partial charge on any atom is 0.0182 e. The van der Waals surface area contributed by atoms with Gasteiger partial charge in [-0.2, -0.15) is 0 Å². The van der Waals surface area contributed by atoms with Gasteiger partial charge in [0.1, 0.15) is 0 Å². The highest BCUT2D eigenvalue weighted by molar-refractivity contribution is 4.93. The van der Waals surface area contributed by atoms with Crippen LogP contribution in [0.3, 0.4) is 0 Å². The average Bonchev–Trinajstić information content (AvgIpc) is 2.04. The molecule has 1 heteroatoms. The van der Waals surface area contributed by atoms with Gasteiger partial charge in [0.05, 0.1) is 0 Å². The molecule has 0 amide bonds. The van der Waals surface area contributed by atoms with Crippen LogP contribution in [0, 0.1) is 11.8 Å². The third-order valence-corrected chi connectivity index (χ3v) is 3.77. The molecule has 0 bridgehead atoms. The Morgan fingerprint density at radius 1 is 1.54 bits per heavy atom. The predicted octanol–water partition coefficient (Wildman–Crippen LogP) is 3.33. The normalized spacial score (nSPS) is 37.4. The summed E-state index contributed by atoms with van der Waals surface area (Å²) in [6, 6.07) is 0. The van der Waals surface area contributed by atoms with Gasteiger partial charge in [0, 0.05) is 5.54 Å². The molecule has 0 spiro atoms. The van der Waals surface area contributed by atoms with Gasteiger partial charge < -0.3 is 5.73 Å². The Hall–Kier alpha value is -0.0400. The summed E-state index contributed by atoms with van der Waals surface area (Å²) in [6.07, 6.45) is 7.79. The summed E-state index contributed by atoms with van der Waals surface area (Å²) in [5.41, 5.74) is 6.64. The predicted molar refractivity (Wildman–Crippen MR) is 58.6 cm³/mol. The fourth-order valence-corrected chi connectivity index (χ4v) is 2.80. The molecule has 1 fully saturated rings. The van der Waals surface area contributed by atoms with Crippen molar-refractivity contribution in [2.24, 2.45) is 17.6 Å². The van der Waals surface area contributed by atoms with Crippen LogP contribution in [-0.4, -0.2) is 5.54 Å². The summed E-state index contributed by atoms with van der Waals surface area (Å²) in [6.45, 7) is 6.94. The van der Waals surface area contributed by atoms with Gasteiger partial charge in [0.15, 0.2) is 0 Å². The van der Waals surface area contributed by atoms with Crippen molar-refractivity contribution in [2.75, 3.05) is 0 Å². The molecule has 0 aliphatic heterocycles. The van der Waals surface area contributed by atoms with Crippen LogP contribution in [0.5, 0.6) is 0 Å². The van der Waals surface area contributed by atoms with Gasteiger partial charge in [-0.05, 0) is 31.1 Å². The van der Waals surface area contributed by atoms with Crippen LogP contribution in [0.25, 0.3) is 0 Å². The van der Waals surface area contributed by atoms with Crippen LogP contribution in [0.4, 0.5) is 0 Å². The van der Waals surface area contributed by atoms with Crippen molar-refractivity contribution in [3.63, 3.8) is 0 Å². The molecule has 0 aromatic carbocycles. The van der Waals surface area contributed by atoms with Crippen molar-refractivity contribution >= 4 is 0 Å². The minimum Gasteiger partial charge on any atom is -0.325 e. The second-order valence-corrected chi connectivity index (χ2v) is 5.12. The zero-order valence-electron chi connectivity index (χ0n) is 9.47. The van der Waals surface area contributed by atoms with E-state index in [2.05, 4.69) is 20.8 Å². The first-order valence-electron chi connectivity index (χ1n) is 5.87. The molecule has 0 heterocycles. The summed E-state index contributed by atoms with van der Waals surface area (Å²) >= 11 is 0. The largest absolute Gasteiger partial charge is 0.325 e. The zero-order valence-corrected chi connectivity index (χ0v) is 9.47. The van der Waals surface area contributed by atoms with Crippen LogP contribution in [0.1, 0.15) is 59.3 Å². The van der Waals surface area contributed by atoms with E-state index in [0.29, 0.717) is 5.92 Å². The van der Waals surface area contributed by atoms with Gasteiger partial charge >= 0.3 is 0 Å². The van der Waals surface area contributed by atoms with Gasteiger partial charge in [-0.15, -0.1) is 0 Å². The van der Waals surface area contributed by atoms with E-state index in [1.165, 1.54) is 38.5 Å². The second kappa shape index (κ2) is 4.45. The first kappa shape index (κ1) is 11.0. The SMILES string of the molecule is CCCC(C)C1(N)CCCC(C)C1. The Balaban J connectivity index is 2.52. The van der Waals surface area contributed by atoms with Crippen LogP contribution >= 0.6 is 0 Å². The van der Waals surface area contributed by atoms with Gasteiger partial charge in [-0.3, -0.25) is 0 Å². The minimum atomic E-state index is 0.160. The average molecular weight is 183 g/mol. The molecular formula is C12H25N. The Bertz CT molecular complexity index is 155. The van der Waals surface area contributed by atoms with Crippen LogP contribution < -0.4 is 5.73 Å². The van der Waals surface area contributed by atoms with Crippen molar-refractivity contribution in [3.05, 3.63) is 0 Å². The van der Waals surface area contributed by atoms with Crippen LogP contribution in [-0.2, 0) is 0 Å². The lowest BCUT2D eigenvalue weighted by molar-refractivity contribution is 0.162. The second-order valence-electron chi connectivity index (χ2n) is 5.12. The van der Waals surface area contributed by atoms with E-state index in [1.807, 2.05) is 0 Å². The molecule has 0 saturated heterocycles. The van der Waals surface area contributed by atoms with Crippen molar-refractivity contribution < 1.29 is 0 Å². The molecule has 0 radical (unpaired) electrons. The van der Waals surface area contributed by atoms with Crippen molar-refractivity contribution in [1.29, 1.82) is 0 Å². The molecule has 0 aromatic rings. The van der Waals surface area contributed by atoms with Crippen molar-refractivity contribution in [3.8, 4) is 0 Å². The standard InChI is InChI=1S/C12H25N/c1-4-6-11(3)12(13)8-5-7-10(2)9-12/h10-11H,4-9,13H2,1-3H3. The highest BCUT2D eigenvalue weighted by Crippen LogP contribution is 2.36. The molecule has 78 valence electrons. The molecule has 3 unspecified atom stereocenters. The molecular weight excluding hydrogens is 158 g/mol. The van der Waals surface area contributed by atoms with E-state index in [4.69, 9.17) is 5.73 Å². The molecule has 1 saturated carbocycles. The summed E-state index contributed by atoms with van der Waals surface area (Å²) in [5, 5.41) is 0. The monoisotopic (exact) mass is 183 g/mol. The molecule has 13 heavy (non-hydrogen) atoms. The fraction of sp³-hybridized carbons (Fsp3) is 1.00. The van der Waals surface area contributed by atoms with E-state index in [1.54, 1.807) is 0 Å². The third kappa shape index (κ3) is 2.70. The van der Waals surface area contributed by atoms with Gasteiger partial charge in [-0.25, -0.2) is 0 Å². The molecule has 1 rings (SSSR count). The van der Waals surface area contributed by atoms with E-state index in [0.717, 1.165) is 5.92 Å². The maximum atomic E-state index is 6.48. The quantitative estimate of drug-likeness (QED) is 0.713. The Kier molecular flexibility index (Phi) is 3.78. The van der Waals surface area contributed by atoms with Gasteiger partial charge in [0.25, 0.3) is 0 Å². The Morgan fingerprint density at radius 2 is 2.23 bits per heavy atom. The van der Waals surface area contributed by atoms with Crippen LogP contribution in [0.15, 0.2) is 0 Å². The minimum absolute atomic E-state index is 0.160. The molecule has 3 atom stereocenters. The van der Waals surface area contributed by atoms with Gasteiger partial charge in [0.2, 0.25) is 0 Å². The first-order valence-corrected chi connectivity index (χ1v) is 5.87. The summed E-state index contributed by atoms with van der Waals surface area (Å²) in [5.74, 6) is 1.55. The molecule has 1 aliphatic carbocycles. The van der Waals surface area contributed by atoms with Gasteiger partial charge in [-0.1, -0.05) is 40.0 Å². The topological polar surface area (TPSA) is 26.0 Å². The fourth-order valence-electron chi connectivity index (χ4n) is 2.80. The van der Waals surface area contributed by atoms with E-state index in [-0.39, 0.29) is 5.54 Å². The highest BCUT2D eigenvalue weighted by atomic mass is 14.8. The van der Waals surface area contributed by atoms with E-state index in [9.17, 15) is 0 Å². The third-order valence-electron chi connectivity index (χ3n) is 3.77. The molecule has 0 aromatic heterocycles. The van der Waals surface area contributed by atoms with E-state index < -0.39 is 0 Å². The number of nitrogens with two attached hydrogens (primary N) is 1. The molecule has 1 aliphatic rings. The van der Waals surface area contributed by atoms with Crippen LogP contribution in [0.2, 0.25) is 0 Å².